The molecule has 6 aromatic rings. The predicted molar refractivity (Wildman–Crippen MR) is 300 cm³/mol. The van der Waals surface area contributed by atoms with E-state index >= 15 is 0 Å². The number of benzene rings is 2. The van der Waals surface area contributed by atoms with Crippen molar-refractivity contribution in [1.29, 1.82) is 0 Å². The molecule has 4 aliphatic rings. The maximum Gasteiger partial charge on any atom is 0.254 e. The molecular weight excluding hydrogens is 1030 g/mol. The largest absolute Gasteiger partial charge is 0.507 e. The first-order chi connectivity index (χ1) is 38.2. The quantitative estimate of drug-likeness (QED) is 0.0647. The van der Waals surface area contributed by atoms with Crippen LogP contribution in [0.25, 0.3) is 21.7 Å². The van der Waals surface area contributed by atoms with Crippen LogP contribution in [0, 0.1) is 11.8 Å². The summed E-state index contributed by atoms with van der Waals surface area (Å²) in [7, 11) is 0. The molecule has 0 radical (unpaired) electrons. The number of hydrogen-bond acceptors (Lipinski definition) is 19. The molecule has 4 aliphatic heterocycles. The molecular formula is C57H71N13O8S. The van der Waals surface area contributed by atoms with Gasteiger partial charge in [0.25, 0.3) is 5.88 Å². The zero-order chi connectivity index (χ0) is 55.2. The highest BCUT2D eigenvalue weighted by Gasteiger charge is 2.44. The highest BCUT2D eigenvalue weighted by atomic mass is 32.1. The van der Waals surface area contributed by atoms with Crippen LogP contribution in [0.2, 0.25) is 0 Å². The van der Waals surface area contributed by atoms with Gasteiger partial charge in [0.1, 0.15) is 30.9 Å². The monoisotopic (exact) mass is 1100 g/mol. The number of carbonyl (C=O) groups is 3. The van der Waals surface area contributed by atoms with E-state index < -0.39 is 18.1 Å². The molecule has 79 heavy (non-hydrogen) atoms. The summed E-state index contributed by atoms with van der Waals surface area (Å²) in [6.07, 6.45) is 3.20. The Morgan fingerprint density at radius 2 is 1.62 bits per heavy atom. The number of piperazine rings is 1. The molecule has 2 aromatic carbocycles. The molecule has 6 N–H and O–H groups in total. The lowest BCUT2D eigenvalue weighted by Crippen LogP contribution is -2.48. The van der Waals surface area contributed by atoms with Crippen LogP contribution in [0.1, 0.15) is 75.9 Å². The number of hydrogen-bond donors (Lipinski definition) is 5. The molecule has 0 aliphatic carbocycles. The number of β-amino-alcohol motifs (C(OH)–C–C–N with tert-alkyl or cyclic N) is 1. The van der Waals surface area contributed by atoms with E-state index in [0.29, 0.717) is 60.9 Å². The summed E-state index contributed by atoms with van der Waals surface area (Å²) < 4.78 is 18.0. The Hall–Kier alpha value is -7.40. The summed E-state index contributed by atoms with van der Waals surface area (Å²) >= 11 is 1.49. The molecule has 4 saturated heterocycles. The summed E-state index contributed by atoms with van der Waals surface area (Å²) in [6.45, 7) is 16.0. The molecule has 10 rings (SSSR count). The number of likely N-dealkylation sites (tertiary alicyclic amines) is 1. The summed E-state index contributed by atoms with van der Waals surface area (Å²) in [5.41, 5.74) is 13.9. The third-order valence-corrected chi connectivity index (χ3v) is 16.6. The Morgan fingerprint density at radius 1 is 0.873 bits per heavy atom. The van der Waals surface area contributed by atoms with E-state index in [1.165, 1.54) is 23.2 Å². The maximum atomic E-state index is 14.3. The standard InChI is InChI=1S/C57H71N13O8S/c1-35(2)53(57(75)70-33-43(72)27-48(70)56(74)62-36(3)39-9-11-40(12-10-39)54-46(61-34-79-54)30-60-37(4)71)50-29-52(65-78-50)77-24-22-67-19-17-66(18-20-67)21-23-76-51-26-41(13-15-59-51)69-31-38-14-16-68(32-42(69)25-38)47-28-45(63-64-55(47)58)44-7-5-6-8-49(44)73/h5-13,15,26,28-29,34-36,38,42-43,48,53,72-73H,14,16-25,27,30-33H2,1-4H3,(H2,58,64)(H,60,71)(H,62,74)/t36-,38?,42?,43+,48-,53?/m0/s1. The number of aliphatic hydroxyl groups excluding tert-OH is 1. The number of carbonyl (C=O) groups excluding carboxylic acids is 3. The van der Waals surface area contributed by atoms with Crippen molar-refractivity contribution >= 4 is 46.3 Å². The van der Waals surface area contributed by atoms with Gasteiger partial charge in [-0.1, -0.05) is 50.2 Å². The third kappa shape index (κ3) is 13.0. The minimum absolute atomic E-state index is 0.0255. The normalized spacial score (nSPS) is 20.5. The summed E-state index contributed by atoms with van der Waals surface area (Å²) in [6, 6.07) is 21.7. The number of aromatic nitrogens is 5. The lowest BCUT2D eigenvalue weighted by atomic mass is 9.91. The van der Waals surface area contributed by atoms with Crippen molar-refractivity contribution in [2.45, 2.75) is 83.6 Å². The van der Waals surface area contributed by atoms with Gasteiger partial charge in [-0.05, 0) is 72.2 Å². The van der Waals surface area contributed by atoms with Crippen LogP contribution in [0.3, 0.4) is 0 Å². The van der Waals surface area contributed by atoms with Crippen molar-refractivity contribution in [1.82, 2.24) is 50.7 Å². The van der Waals surface area contributed by atoms with Crippen LogP contribution in [0.15, 0.2) is 89.0 Å². The minimum Gasteiger partial charge on any atom is -0.507 e. The molecule has 4 aromatic heterocycles. The number of rotatable bonds is 20. The average Bonchev–Trinajstić information content (AvgIpc) is 4.28. The maximum absolute atomic E-state index is 14.3. The molecule has 21 nitrogen and oxygen atoms in total. The lowest BCUT2D eigenvalue weighted by molar-refractivity contribution is -0.141. The van der Waals surface area contributed by atoms with E-state index in [2.05, 4.69) is 67.7 Å². The number of nitrogens with two attached hydrogens (primary N) is 1. The van der Waals surface area contributed by atoms with Gasteiger partial charge < -0.3 is 55.3 Å². The van der Waals surface area contributed by atoms with E-state index in [-0.39, 0.29) is 60.3 Å². The molecule has 6 atom stereocenters. The van der Waals surface area contributed by atoms with Crippen molar-refractivity contribution in [3.05, 3.63) is 102 Å². The smallest absolute Gasteiger partial charge is 0.254 e. The average molecular weight is 1100 g/mol. The van der Waals surface area contributed by atoms with Gasteiger partial charge in [-0.15, -0.1) is 21.5 Å². The number of thiazole rings is 1. The predicted octanol–water partition coefficient (Wildman–Crippen LogP) is 5.33. The van der Waals surface area contributed by atoms with Gasteiger partial charge in [0.15, 0.2) is 11.6 Å². The van der Waals surface area contributed by atoms with Crippen molar-refractivity contribution in [2.75, 3.05) is 94.2 Å². The molecule has 418 valence electrons. The van der Waals surface area contributed by atoms with Crippen molar-refractivity contribution in [2.24, 2.45) is 11.8 Å². The molecule has 4 fully saturated rings. The number of amides is 3. The van der Waals surface area contributed by atoms with Gasteiger partial charge >= 0.3 is 0 Å². The van der Waals surface area contributed by atoms with Crippen LogP contribution < -0.4 is 35.6 Å². The Kier molecular flexibility index (Phi) is 17.2. The Labute approximate surface area is 464 Å². The fourth-order valence-corrected chi connectivity index (χ4v) is 12.2. The van der Waals surface area contributed by atoms with Crippen LogP contribution in [-0.2, 0) is 20.9 Å². The zero-order valence-corrected chi connectivity index (χ0v) is 46.1. The van der Waals surface area contributed by atoms with Crippen LogP contribution in [0.5, 0.6) is 17.5 Å². The van der Waals surface area contributed by atoms with Crippen molar-refractivity contribution in [3.63, 3.8) is 0 Å². The van der Waals surface area contributed by atoms with E-state index in [1.807, 2.05) is 69.4 Å². The number of ether oxygens (including phenoxy) is 2. The second kappa shape index (κ2) is 24.7. The Balaban J connectivity index is 0.656. The SMILES string of the molecule is CC(=O)NCc1ncsc1-c1ccc([C@H](C)NC(=O)[C@@H]2C[C@@H](O)CN2C(=O)C(c2cc(OCCN3CCN(CCOc4cc(N5CC6CCN(c7cc(-c8ccccc8O)nnc7N)CC5C6)ccn4)CC3)no2)C(C)C)cc1. The number of nitrogens with zero attached hydrogens (tertiary/aromatic N) is 10. The summed E-state index contributed by atoms with van der Waals surface area (Å²) in [5.74, 6) is 0.562. The van der Waals surface area contributed by atoms with Gasteiger partial charge in [0.2, 0.25) is 23.6 Å². The minimum atomic E-state index is -0.869. The van der Waals surface area contributed by atoms with Crippen molar-refractivity contribution in [3.8, 4) is 39.2 Å². The number of para-hydroxylation sites is 1. The van der Waals surface area contributed by atoms with Crippen LogP contribution in [0.4, 0.5) is 17.2 Å². The Morgan fingerprint density at radius 3 is 2.35 bits per heavy atom. The van der Waals surface area contributed by atoms with E-state index in [9.17, 15) is 24.6 Å². The van der Waals surface area contributed by atoms with Crippen LogP contribution >= 0.6 is 11.3 Å². The van der Waals surface area contributed by atoms with Gasteiger partial charge in [-0.3, -0.25) is 24.2 Å². The van der Waals surface area contributed by atoms with Crippen LogP contribution in [-0.4, -0.2) is 165 Å². The first-order valence-electron chi connectivity index (χ1n) is 27.4. The number of aromatic hydroxyl groups is 1. The van der Waals surface area contributed by atoms with E-state index in [0.717, 1.165) is 98.3 Å². The number of fused-ring (bicyclic) bond motifs is 2. The van der Waals surface area contributed by atoms with Gasteiger partial charge in [-0.25, -0.2) is 9.97 Å². The molecule has 22 heteroatoms. The first-order valence-corrected chi connectivity index (χ1v) is 28.2. The number of aliphatic hydroxyl groups is 1. The van der Waals surface area contributed by atoms with Gasteiger partial charge in [0.05, 0.1) is 46.2 Å². The molecule has 0 saturated carbocycles. The Bertz CT molecular complexity index is 3060. The number of phenolic OH excluding ortho intramolecular Hbond substituents is 1. The number of nitrogen functional groups attached to an aromatic ring is 1. The molecule has 3 unspecified atom stereocenters. The topological polar surface area (TPSA) is 254 Å². The first kappa shape index (κ1) is 54.9. The number of pyridine rings is 1. The fraction of sp³-hybridized carbons (Fsp3) is 0.474. The third-order valence-electron chi connectivity index (χ3n) is 15.7. The molecule has 8 heterocycles. The van der Waals surface area contributed by atoms with E-state index in [1.54, 1.807) is 23.7 Å². The van der Waals surface area contributed by atoms with Crippen molar-refractivity contribution < 1.29 is 38.6 Å². The van der Waals surface area contributed by atoms with E-state index in [4.69, 9.17) is 19.7 Å². The summed E-state index contributed by atoms with van der Waals surface area (Å²) in [5, 5.41) is 39.9. The zero-order valence-electron chi connectivity index (χ0n) is 45.2. The molecule has 0 spiro atoms. The second-order valence-corrected chi connectivity index (χ2v) is 22.3. The fourth-order valence-electron chi connectivity index (χ4n) is 11.4. The van der Waals surface area contributed by atoms with Gasteiger partial charge in [0, 0.05) is 114 Å². The highest BCUT2D eigenvalue weighted by Crippen LogP contribution is 2.39. The molecule has 3 amide bonds. The lowest BCUT2D eigenvalue weighted by Gasteiger charge is -2.35. The molecule has 2 bridgehead atoms. The number of anilines is 3. The summed E-state index contributed by atoms with van der Waals surface area (Å²) in [4.78, 5) is 60.5. The van der Waals surface area contributed by atoms with Gasteiger partial charge in [-0.2, -0.15) is 0 Å². The second-order valence-electron chi connectivity index (χ2n) is 21.5. The number of phenols is 1. The number of nitrogens with one attached hydrogen (secondary N) is 2. The highest BCUT2D eigenvalue weighted by molar-refractivity contribution is 7.13.